The quantitative estimate of drug-likeness (QED) is 0.914. The predicted octanol–water partition coefficient (Wildman–Crippen LogP) is 1.45. The van der Waals surface area contributed by atoms with Crippen molar-refractivity contribution in [3.05, 3.63) is 15.6 Å². The highest BCUT2D eigenvalue weighted by Crippen LogP contribution is 2.39. The summed E-state index contributed by atoms with van der Waals surface area (Å²) in [7, 11) is 2.06. The fourth-order valence-corrected chi connectivity index (χ4v) is 5.29. The van der Waals surface area contributed by atoms with E-state index in [0.29, 0.717) is 12.0 Å². The molecule has 0 spiro atoms. The van der Waals surface area contributed by atoms with Crippen molar-refractivity contribution < 1.29 is 0 Å². The van der Waals surface area contributed by atoms with E-state index in [4.69, 9.17) is 4.98 Å². The molecule has 5 rings (SSSR count). The van der Waals surface area contributed by atoms with Crippen LogP contribution in [-0.2, 0) is 6.42 Å². The number of fused-ring (bicyclic) bond motifs is 4. The van der Waals surface area contributed by atoms with Gasteiger partial charge in [-0.1, -0.05) is 0 Å². The third-order valence-corrected chi connectivity index (χ3v) is 6.33. The van der Waals surface area contributed by atoms with Crippen LogP contribution >= 0.6 is 11.3 Å². The molecule has 3 aliphatic heterocycles. The zero-order valence-electron chi connectivity index (χ0n) is 12.3. The van der Waals surface area contributed by atoms with Gasteiger partial charge in [-0.25, -0.2) is 4.98 Å². The van der Waals surface area contributed by atoms with Gasteiger partial charge < -0.3 is 5.32 Å². The summed E-state index contributed by atoms with van der Waals surface area (Å²) in [6, 6.07) is 0.573. The van der Waals surface area contributed by atoms with Crippen LogP contribution in [-0.4, -0.2) is 61.1 Å². The predicted molar refractivity (Wildman–Crippen MR) is 82.5 cm³/mol. The number of nitrogens with one attached hydrogen (secondary N) is 1. The highest BCUT2D eigenvalue weighted by molar-refractivity contribution is 7.11. The second-order valence-corrected chi connectivity index (χ2v) is 7.47. The summed E-state index contributed by atoms with van der Waals surface area (Å²) in [5.74, 6) is 0.643. The number of likely N-dealkylation sites (N-methyl/N-ethyl adjacent to an activating group) is 1. The van der Waals surface area contributed by atoms with Gasteiger partial charge in [0.05, 0.1) is 11.7 Å². The molecule has 20 heavy (non-hydrogen) atoms. The lowest BCUT2D eigenvalue weighted by Gasteiger charge is -2.46. The van der Waals surface area contributed by atoms with E-state index in [0.717, 1.165) is 6.54 Å². The number of piperazine rings is 3. The number of thiazole rings is 1. The monoisotopic (exact) mass is 292 g/mol. The Labute approximate surface area is 125 Å². The molecule has 1 aromatic rings. The third-order valence-electron chi connectivity index (χ3n) is 5.10. The van der Waals surface area contributed by atoms with Crippen molar-refractivity contribution in [1.82, 2.24) is 20.1 Å². The Balaban J connectivity index is 1.60. The summed E-state index contributed by atoms with van der Waals surface area (Å²) in [5, 5.41) is 4.73. The normalized spacial score (nSPS) is 36.0. The summed E-state index contributed by atoms with van der Waals surface area (Å²) < 4.78 is 0. The Kier molecular flexibility index (Phi) is 3.54. The number of hydrogen-bond acceptors (Lipinski definition) is 5. The lowest BCUT2D eigenvalue weighted by atomic mass is 9.91. The second kappa shape index (κ2) is 5.37. The smallest absolute Gasteiger partial charge is 0.112 e. The minimum absolute atomic E-state index is 0.573. The maximum absolute atomic E-state index is 5.10. The zero-order chi connectivity index (χ0) is 13.5. The lowest BCUT2D eigenvalue weighted by Crippen LogP contribution is -2.56. The molecule has 1 N–H and O–H groups in total. The van der Waals surface area contributed by atoms with E-state index in [1.165, 1.54) is 62.7 Å². The molecule has 2 atom stereocenters. The van der Waals surface area contributed by atoms with E-state index in [-0.39, 0.29) is 0 Å². The molecule has 4 nitrogen and oxygen atoms in total. The molecular weight excluding hydrogens is 268 g/mol. The minimum Gasteiger partial charge on any atom is -0.319 e. The summed E-state index contributed by atoms with van der Waals surface area (Å²) in [6.07, 6.45) is 3.89. The van der Waals surface area contributed by atoms with Crippen LogP contribution in [0.3, 0.4) is 0 Å². The first-order valence-electron chi connectivity index (χ1n) is 7.95. The van der Waals surface area contributed by atoms with Crippen molar-refractivity contribution in [3.63, 3.8) is 0 Å². The van der Waals surface area contributed by atoms with Crippen molar-refractivity contribution in [2.24, 2.45) is 0 Å². The van der Waals surface area contributed by atoms with Gasteiger partial charge in [0, 0.05) is 50.1 Å². The maximum atomic E-state index is 5.10. The number of aromatic nitrogens is 1. The molecule has 4 heterocycles. The van der Waals surface area contributed by atoms with Crippen LogP contribution in [0.4, 0.5) is 0 Å². The number of aryl methyl sites for hydroxylation is 1. The van der Waals surface area contributed by atoms with Crippen LogP contribution in [0.25, 0.3) is 0 Å². The summed E-state index contributed by atoms with van der Waals surface area (Å²) >= 11 is 2.00. The standard InChI is InChI=1S/C15H24N4S/c1-16-9-11-3-2-4-13-14(11)17-15(20-13)12-10-18-5-7-19(12)8-6-18/h11-12,16H,2-10H2,1H3. The molecule has 1 aliphatic carbocycles. The van der Waals surface area contributed by atoms with E-state index < -0.39 is 0 Å². The minimum atomic E-state index is 0.573. The van der Waals surface area contributed by atoms with Crippen LogP contribution in [0.1, 0.15) is 40.4 Å². The molecule has 2 unspecified atom stereocenters. The van der Waals surface area contributed by atoms with Gasteiger partial charge >= 0.3 is 0 Å². The molecular formula is C15H24N4S. The fourth-order valence-electron chi connectivity index (χ4n) is 3.97. The average Bonchev–Trinajstić information content (AvgIpc) is 2.94. The molecule has 3 fully saturated rings. The van der Waals surface area contributed by atoms with Crippen molar-refractivity contribution in [3.8, 4) is 0 Å². The molecule has 0 saturated carbocycles. The Morgan fingerprint density at radius 1 is 1.30 bits per heavy atom. The Hall–Kier alpha value is -0.490. The molecule has 0 radical (unpaired) electrons. The van der Waals surface area contributed by atoms with E-state index in [1.807, 2.05) is 11.3 Å². The van der Waals surface area contributed by atoms with Gasteiger partial charge in [0.15, 0.2) is 0 Å². The summed E-state index contributed by atoms with van der Waals surface area (Å²) in [5.41, 5.74) is 1.42. The van der Waals surface area contributed by atoms with Crippen LogP contribution in [0, 0.1) is 0 Å². The van der Waals surface area contributed by atoms with Crippen molar-refractivity contribution in [2.45, 2.75) is 31.2 Å². The zero-order valence-corrected chi connectivity index (χ0v) is 13.1. The van der Waals surface area contributed by atoms with E-state index >= 15 is 0 Å². The van der Waals surface area contributed by atoms with Crippen LogP contribution in [0.5, 0.6) is 0 Å². The molecule has 0 aromatic carbocycles. The van der Waals surface area contributed by atoms with Crippen molar-refractivity contribution in [2.75, 3.05) is 46.3 Å². The van der Waals surface area contributed by atoms with E-state index in [9.17, 15) is 0 Å². The Morgan fingerprint density at radius 3 is 2.85 bits per heavy atom. The summed E-state index contributed by atoms with van der Waals surface area (Å²) in [4.78, 5) is 11.9. The van der Waals surface area contributed by atoms with Gasteiger partial charge in [-0.15, -0.1) is 11.3 Å². The van der Waals surface area contributed by atoms with Gasteiger partial charge in [0.2, 0.25) is 0 Å². The SMILES string of the molecule is CNCC1CCCc2sc(C3CN4CCN3CC4)nc21. The first kappa shape index (κ1) is 13.2. The molecule has 1 aromatic heterocycles. The highest BCUT2D eigenvalue weighted by Gasteiger charge is 2.36. The average molecular weight is 292 g/mol. The molecule has 110 valence electrons. The molecule has 4 aliphatic rings. The van der Waals surface area contributed by atoms with Gasteiger partial charge in [-0.3, -0.25) is 9.80 Å². The van der Waals surface area contributed by atoms with Crippen molar-refractivity contribution in [1.29, 1.82) is 0 Å². The first-order chi connectivity index (χ1) is 9.85. The van der Waals surface area contributed by atoms with Gasteiger partial charge in [-0.05, 0) is 26.3 Å². The van der Waals surface area contributed by atoms with Crippen LogP contribution < -0.4 is 5.32 Å². The van der Waals surface area contributed by atoms with E-state index in [2.05, 4.69) is 22.2 Å². The molecule has 3 saturated heterocycles. The van der Waals surface area contributed by atoms with Gasteiger partial charge in [-0.2, -0.15) is 0 Å². The van der Waals surface area contributed by atoms with Gasteiger partial charge in [0.25, 0.3) is 0 Å². The summed E-state index contributed by atoms with van der Waals surface area (Å²) in [6.45, 7) is 7.25. The molecule has 5 heteroatoms. The van der Waals surface area contributed by atoms with Crippen LogP contribution in [0.2, 0.25) is 0 Å². The number of nitrogens with zero attached hydrogens (tertiary/aromatic N) is 3. The topological polar surface area (TPSA) is 31.4 Å². The van der Waals surface area contributed by atoms with Crippen molar-refractivity contribution >= 4 is 11.3 Å². The molecule has 0 amide bonds. The fraction of sp³-hybridized carbons (Fsp3) is 0.800. The van der Waals surface area contributed by atoms with Gasteiger partial charge in [0.1, 0.15) is 5.01 Å². The van der Waals surface area contributed by atoms with Crippen LogP contribution in [0.15, 0.2) is 0 Å². The highest BCUT2D eigenvalue weighted by atomic mass is 32.1. The lowest BCUT2D eigenvalue weighted by molar-refractivity contribution is 0.0122. The van der Waals surface area contributed by atoms with E-state index in [1.54, 1.807) is 4.88 Å². The number of hydrogen-bond donors (Lipinski definition) is 1. The number of rotatable bonds is 3. The Morgan fingerprint density at radius 2 is 2.15 bits per heavy atom. The Bertz CT molecular complexity index is 478. The largest absolute Gasteiger partial charge is 0.319 e. The third kappa shape index (κ3) is 2.21. The molecule has 2 bridgehead atoms. The maximum Gasteiger partial charge on any atom is 0.112 e. The first-order valence-corrected chi connectivity index (χ1v) is 8.77. The second-order valence-electron chi connectivity index (χ2n) is 6.36.